The highest BCUT2D eigenvalue weighted by molar-refractivity contribution is 6.02. The molecule has 0 aliphatic carbocycles. The van der Waals surface area contributed by atoms with Crippen LogP contribution >= 0.6 is 0 Å². The molecule has 1 amide bonds. The lowest BCUT2D eigenvalue weighted by atomic mass is 10.0. The van der Waals surface area contributed by atoms with E-state index in [2.05, 4.69) is 5.32 Å². The molecular formula is C10H8F3NO. The van der Waals surface area contributed by atoms with E-state index in [4.69, 9.17) is 0 Å². The van der Waals surface area contributed by atoms with Gasteiger partial charge in [0.25, 0.3) is 0 Å². The maximum Gasteiger partial charge on any atom is 0.416 e. The van der Waals surface area contributed by atoms with Gasteiger partial charge in [-0.3, -0.25) is 4.79 Å². The van der Waals surface area contributed by atoms with Gasteiger partial charge in [-0.15, -0.1) is 0 Å². The monoisotopic (exact) mass is 215 g/mol. The molecule has 0 saturated heterocycles. The molecule has 1 aromatic rings. The minimum Gasteiger partial charge on any atom is -0.325 e. The van der Waals surface area contributed by atoms with Crippen molar-refractivity contribution >= 4 is 11.6 Å². The van der Waals surface area contributed by atoms with E-state index in [1.165, 1.54) is 6.07 Å². The number of carbonyl (C=O) groups is 1. The fourth-order valence-corrected chi connectivity index (χ4v) is 1.60. The van der Waals surface area contributed by atoms with E-state index in [-0.39, 0.29) is 17.5 Å². The van der Waals surface area contributed by atoms with Gasteiger partial charge in [-0.05, 0) is 24.6 Å². The van der Waals surface area contributed by atoms with E-state index in [1.807, 2.05) is 0 Å². The predicted molar refractivity (Wildman–Crippen MR) is 48.5 cm³/mol. The Kier molecular flexibility index (Phi) is 1.99. The third kappa shape index (κ3) is 1.58. The van der Waals surface area contributed by atoms with Gasteiger partial charge in [-0.25, -0.2) is 0 Å². The summed E-state index contributed by atoms with van der Waals surface area (Å²) in [6, 6.07) is 3.31. The maximum atomic E-state index is 12.3. The first-order chi connectivity index (χ1) is 6.89. The summed E-state index contributed by atoms with van der Waals surface area (Å²) in [6.07, 6.45) is -4.37. The first-order valence-electron chi connectivity index (χ1n) is 4.41. The van der Waals surface area contributed by atoms with Gasteiger partial charge in [0, 0.05) is 5.69 Å². The molecule has 1 heterocycles. The Morgan fingerprint density at radius 3 is 2.60 bits per heavy atom. The molecule has 1 atom stereocenters. The van der Waals surface area contributed by atoms with E-state index in [9.17, 15) is 18.0 Å². The number of nitrogens with one attached hydrogen (secondary N) is 1. The number of fused-ring (bicyclic) bond motifs is 1. The summed E-state index contributed by atoms with van der Waals surface area (Å²) in [5.74, 6) is -0.633. The molecule has 0 spiro atoms. The van der Waals surface area contributed by atoms with Crippen LogP contribution in [-0.4, -0.2) is 5.91 Å². The molecule has 1 aliphatic heterocycles. The third-order valence-electron chi connectivity index (χ3n) is 2.50. The summed E-state index contributed by atoms with van der Waals surface area (Å²) in [7, 11) is 0. The van der Waals surface area contributed by atoms with Crippen LogP contribution in [0, 0.1) is 0 Å². The fourth-order valence-electron chi connectivity index (χ4n) is 1.60. The number of benzene rings is 1. The van der Waals surface area contributed by atoms with E-state index < -0.39 is 11.7 Å². The molecule has 0 radical (unpaired) electrons. The van der Waals surface area contributed by atoms with Crippen molar-refractivity contribution in [1.82, 2.24) is 0 Å². The number of hydrogen-bond acceptors (Lipinski definition) is 1. The van der Waals surface area contributed by atoms with Gasteiger partial charge in [0.2, 0.25) is 5.91 Å². The van der Waals surface area contributed by atoms with Gasteiger partial charge in [-0.2, -0.15) is 13.2 Å². The van der Waals surface area contributed by atoms with Crippen LogP contribution < -0.4 is 5.32 Å². The molecule has 2 nitrogen and oxygen atoms in total. The summed E-state index contributed by atoms with van der Waals surface area (Å²) in [6.45, 7) is 1.66. The van der Waals surface area contributed by atoms with Crippen LogP contribution in [0.15, 0.2) is 18.2 Å². The van der Waals surface area contributed by atoms with E-state index in [0.717, 1.165) is 12.1 Å². The molecule has 1 aliphatic rings. The molecule has 80 valence electrons. The van der Waals surface area contributed by atoms with Gasteiger partial charge in [0.1, 0.15) is 0 Å². The van der Waals surface area contributed by atoms with E-state index >= 15 is 0 Å². The molecule has 0 bridgehead atoms. The van der Waals surface area contributed by atoms with Crippen molar-refractivity contribution in [2.75, 3.05) is 5.32 Å². The second-order valence-electron chi connectivity index (χ2n) is 3.51. The lowest BCUT2D eigenvalue weighted by Crippen LogP contribution is -2.08. The minimum absolute atomic E-state index is 0.260. The highest BCUT2D eigenvalue weighted by atomic mass is 19.4. The van der Waals surface area contributed by atoms with Crippen LogP contribution in [0.1, 0.15) is 24.0 Å². The molecule has 0 unspecified atom stereocenters. The Balaban J connectivity index is 2.47. The van der Waals surface area contributed by atoms with Gasteiger partial charge < -0.3 is 5.32 Å². The number of anilines is 1. The molecule has 0 fully saturated rings. The predicted octanol–water partition coefficient (Wildman–Crippen LogP) is 2.76. The van der Waals surface area contributed by atoms with Gasteiger partial charge in [0.15, 0.2) is 0 Å². The molecular weight excluding hydrogens is 207 g/mol. The third-order valence-corrected chi connectivity index (χ3v) is 2.50. The molecule has 1 aromatic carbocycles. The highest BCUT2D eigenvalue weighted by Crippen LogP contribution is 2.37. The number of hydrogen-bond donors (Lipinski definition) is 1. The SMILES string of the molecule is C[C@H]1C(=O)Nc2cc(C(F)(F)F)ccc21. The summed E-state index contributed by atoms with van der Waals surface area (Å²) < 4.78 is 37.0. The van der Waals surface area contributed by atoms with Crippen LogP contribution in [0.25, 0.3) is 0 Å². The van der Waals surface area contributed by atoms with E-state index in [1.54, 1.807) is 6.92 Å². The second-order valence-corrected chi connectivity index (χ2v) is 3.51. The van der Waals surface area contributed by atoms with Crippen molar-refractivity contribution in [3.63, 3.8) is 0 Å². The van der Waals surface area contributed by atoms with Crippen molar-refractivity contribution < 1.29 is 18.0 Å². The Hall–Kier alpha value is -1.52. The van der Waals surface area contributed by atoms with Crippen molar-refractivity contribution in [3.05, 3.63) is 29.3 Å². The number of carbonyl (C=O) groups excluding carboxylic acids is 1. The first-order valence-corrected chi connectivity index (χ1v) is 4.41. The standard InChI is InChI=1S/C10H8F3NO/c1-5-7-3-2-6(10(11,12)13)4-8(7)14-9(5)15/h2-5H,1H3,(H,14,15)/t5-/m1/s1. The van der Waals surface area contributed by atoms with Gasteiger partial charge in [-0.1, -0.05) is 6.07 Å². The molecule has 2 rings (SSSR count). The minimum atomic E-state index is -4.37. The lowest BCUT2D eigenvalue weighted by Gasteiger charge is -2.08. The topological polar surface area (TPSA) is 29.1 Å². The zero-order chi connectivity index (χ0) is 11.2. The highest BCUT2D eigenvalue weighted by Gasteiger charge is 2.34. The number of amides is 1. The zero-order valence-corrected chi connectivity index (χ0v) is 7.85. The van der Waals surface area contributed by atoms with Crippen LogP contribution in [0.4, 0.5) is 18.9 Å². The summed E-state index contributed by atoms with van der Waals surface area (Å²) in [5.41, 5.74) is 0.144. The first kappa shape index (κ1) is 10.0. The lowest BCUT2D eigenvalue weighted by molar-refractivity contribution is -0.137. The van der Waals surface area contributed by atoms with Crippen molar-refractivity contribution in [3.8, 4) is 0 Å². The van der Waals surface area contributed by atoms with Crippen molar-refractivity contribution in [2.45, 2.75) is 19.0 Å². The Labute approximate surface area is 84.1 Å². The van der Waals surface area contributed by atoms with Gasteiger partial charge in [0.05, 0.1) is 11.5 Å². The summed E-state index contributed by atoms with van der Waals surface area (Å²) in [4.78, 5) is 11.2. The maximum absolute atomic E-state index is 12.3. The average molecular weight is 215 g/mol. The smallest absolute Gasteiger partial charge is 0.325 e. The normalized spacial score (nSPS) is 20.0. The average Bonchev–Trinajstić information content (AvgIpc) is 2.41. The molecule has 15 heavy (non-hydrogen) atoms. The number of halogens is 3. The Morgan fingerprint density at radius 1 is 1.33 bits per heavy atom. The fraction of sp³-hybridized carbons (Fsp3) is 0.300. The summed E-state index contributed by atoms with van der Waals surface area (Å²) >= 11 is 0. The quantitative estimate of drug-likeness (QED) is 0.708. The van der Waals surface area contributed by atoms with Gasteiger partial charge >= 0.3 is 6.18 Å². The Bertz CT molecular complexity index is 425. The van der Waals surface area contributed by atoms with E-state index in [0.29, 0.717) is 5.56 Å². The van der Waals surface area contributed by atoms with Crippen LogP contribution in [0.3, 0.4) is 0 Å². The molecule has 5 heteroatoms. The van der Waals surface area contributed by atoms with Crippen LogP contribution in [0.5, 0.6) is 0 Å². The summed E-state index contributed by atoms with van der Waals surface area (Å²) in [5, 5.41) is 2.42. The zero-order valence-electron chi connectivity index (χ0n) is 7.85. The van der Waals surface area contributed by atoms with Crippen molar-refractivity contribution in [2.24, 2.45) is 0 Å². The second kappa shape index (κ2) is 2.98. The molecule has 1 N–H and O–H groups in total. The Morgan fingerprint density at radius 2 is 2.00 bits per heavy atom. The van der Waals surface area contributed by atoms with Crippen LogP contribution in [0.2, 0.25) is 0 Å². The largest absolute Gasteiger partial charge is 0.416 e. The van der Waals surface area contributed by atoms with Crippen LogP contribution in [-0.2, 0) is 11.0 Å². The van der Waals surface area contributed by atoms with Crippen molar-refractivity contribution in [1.29, 1.82) is 0 Å². The molecule has 0 aromatic heterocycles. The molecule has 0 saturated carbocycles. The number of alkyl halides is 3. The number of rotatable bonds is 0.